The quantitative estimate of drug-likeness (QED) is 0.679. The Labute approximate surface area is 120 Å². The molecule has 0 aromatic heterocycles. The molecule has 0 radical (unpaired) electrons. The van der Waals surface area contributed by atoms with E-state index in [9.17, 15) is 9.90 Å². The Kier molecular flexibility index (Phi) is 7.50. The number of benzene rings is 1. The van der Waals surface area contributed by atoms with Crippen molar-refractivity contribution in [1.82, 2.24) is 10.6 Å². The molecule has 5 nitrogen and oxygen atoms in total. The molecule has 0 saturated heterocycles. The average molecular weight is 280 g/mol. The highest BCUT2D eigenvalue weighted by Crippen LogP contribution is 2.12. The van der Waals surface area contributed by atoms with E-state index in [0.717, 1.165) is 24.2 Å². The van der Waals surface area contributed by atoms with Crippen molar-refractivity contribution in [1.29, 1.82) is 0 Å². The zero-order valence-corrected chi connectivity index (χ0v) is 12.2. The molecule has 20 heavy (non-hydrogen) atoms. The van der Waals surface area contributed by atoms with E-state index in [0.29, 0.717) is 19.5 Å². The largest absolute Gasteiger partial charge is 0.497 e. The lowest BCUT2D eigenvalue weighted by Gasteiger charge is -2.11. The van der Waals surface area contributed by atoms with E-state index in [4.69, 9.17) is 4.74 Å². The summed E-state index contributed by atoms with van der Waals surface area (Å²) in [6, 6.07) is 7.51. The number of ether oxygens (including phenoxy) is 1. The third kappa shape index (κ3) is 6.43. The predicted octanol–water partition coefficient (Wildman–Crippen LogP) is 1.70. The lowest BCUT2D eigenvalue weighted by Crippen LogP contribution is -2.40. The minimum atomic E-state index is -0.468. The third-order valence-electron chi connectivity index (χ3n) is 2.95. The zero-order chi connectivity index (χ0) is 14.8. The second kappa shape index (κ2) is 9.20. The number of methoxy groups -OCH3 is 1. The van der Waals surface area contributed by atoms with Gasteiger partial charge >= 0.3 is 6.03 Å². The van der Waals surface area contributed by atoms with Crippen LogP contribution >= 0.6 is 0 Å². The number of hydrogen-bond acceptors (Lipinski definition) is 3. The number of hydrogen-bond donors (Lipinski definition) is 3. The van der Waals surface area contributed by atoms with Crippen molar-refractivity contribution < 1.29 is 14.6 Å². The van der Waals surface area contributed by atoms with Crippen LogP contribution in [-0.4, -0.2) is 37.4 Å². The summed E-state index contributed by atoms with van der Waals surface area (Å²) in [6.45, 7) is 2.83. The van der Waals surface area contributed by atoms with Crippen LogP contribution in [0.5, 0.6) is 5.75 Å². The summed E-state index contributed by atoms with van der Waals surface area (Å²) >= 11 is 0. The summed E-state index contributed by atoms with van der Waals surface area (Å²) < 4.78 is 5.14. The number of urea groups is 1. The fraction of sp³-hybridized carbons (Fsp3) is 0.533. The van der Waals surface area contributed by atoms with E-state index in [1.54, 1.807) is 7.11 Å². The van der Waals surface area contributed by atoms with Gasteiger partial charge in [0.05, 0.1) is 13.2 Å². The summed E-state index contributed by atoms with van der Waals surface area (Å²) in [7, 11) is 1.63. The highest BCUT2D eigenvalue weighted by Gasteiger charge is 2.05. The van der Waals surface area contributed by atoms with Gasteiger partial charge in [-0.3, -0.25) is 0 Å². The highest BCUT2D eigenvalue weighted by molar-refractivity contribution is 5.73. The van der Waals surface area contributed by atoms with Crippen LogP contribution in [0.4, 0.5) is 4.79 Å². The number of aliphatic hydroxyl groups excluding tert-OH is 1. The van der Waals surface area contributed by atoms with Gasteiger partial charge in [0, 0.05) is 13.1 Å². The van der Waals surface area contributed by atoms with Gasteiger partial charge in [0.15, 0.2) is 0 Å². The Morgan fingerprint density at radius 1 is 1.40 bits per heavy atom. The van der Waals surface area contributed by atoms with Crippen LogP contribution in [0.1, 0.15) is 25.3 Å². The molecule has 0 spiro atoms. The predicted molar refractivity (Wildman–Crippen MR) is 79.0 cm³/mol. The first-order valence-corrected chi connectivity index (χ1v) is 6.98. The highest BCUT2D eigenvalue weighted by atomic mass is 16.5. The van der Waals surface area contributed by atoms with Crippen molar-refractivity contribution in [2.75, 3.05) is 20.2 Å². The van der Waals surface area contributed by atoms with E-state index in [1.165, 1.54) is 0 Å². The molecule has 0 bridgehead atoms. The molecule has 0 aliphatic rings. The van der Waals surface area contributed by atoms with Gasteiger partial charge in [-0.25, -0.2) is 4.79 Å². The van der Waals surface area contributed by atoms with Crippen LogP contribution < -0.4 is 15.4 Å². The van der Waals surface area contributed by atoms with Gasteiger partial charge in [-0.15, -0.1) is 0 Å². The van der Waals surface area contributed by atoms with Crippen LogP contribution in [0.3, 0.4) is 0 Å². The second-order valence-electron chi connectivity index (χ2n) is 4.68. The van der Waals surface area contributed by atoms with Crippen LogP contribution in [-0.2, 0) is 6.42 Å². The first-order chi connectivity index (χ1) is 9.65. The molecule has 0 heterocycles. The molecule has 5 heteroatoms. The fourth-order valence-electron chi connectivity index (χ4n) is 1.86. The Morgan fingerprint density at radius 3 is 2.90 bits per heavy atom. The van der Waals surface area contributed by atoms with E-state index >= 15 is 0 Å². The molecule has 1 aromatic rings. The number of carbonyl (C=O) groups is 1. The molecule has 0 aliphatic carbocycles. The molecule has 1 rings (SSSR count). The summed E-state index contributed by atoms with van der Waals surface area (Å²) in [6.07, 6.45) is 1.87. The molecular weight excluding hydrogens is 256 g/mol. The number of nitrogens with one attached hydrogen (secondary N) is 2. The van der Waals surface area contributed by atoms with Gasteiger partial charge in [0.1, 0.15) is 5.75 Å². The molecule has 112 valence electrons. The van der Waals surface area contributed by atoms with Crippen LogP contribution in [0.25, 0.3) is 0 Å². The summed E-state index contributed by atoms with van der Waals surface area (Å²) in [5, 5.41) is 14.9. The lowest BCUT2D eigenvalue weighted by molar-refractivity contribution is 0.160. The van der Waals surface area contributed by atoms with Crippen molar-refractivity contribution in [3.8, 4) is 5.75 Å². The van der Waals surface area contributed by atoms with Crippen molar-refractivity contribution >= 4 is 6.03 Å². The number of rotatable bonds is 8. The maximum absolute atomic E-state index is 11.5. The molecule has 2 amide bonds. The van der Waals surface area contributed by atoms with Crippen molar-refractivity contribution in [3.05, 3.63) is 29.8 Å². The van der Waals surface area contributed by atoms with Gasteiger partial charge in [-0.05, 0) is 30.5 Å². The molecule has 0 aliphatic heterocycles. The summed E-state index contributed by atoms with van der Waals surface area (Å²) in [5.74, 6) is 0.814. The van der Waals surface area contributed by atoms with Gasteiger partial charge in [0.2, 0.25) is 0 Å². The lowest BCUT2D eigenvalue weighted by atomic mass is 10.1. The molecule has 0 fully saturated rings. The number of amides is 2. The minimum absolute atomic E-state index is 0.247. The van der Waals surface area contributed by atoms with Crippen molar-refractivity contribution in [2.24, 2.45) is 0 Å². The second-order valence-corrected chi connectivity index (χ2v) is 4.68. The van der Waals surface area contributed by atoms with Gasteiger partial charge in [-0.1, -0.05) is 25.5 Å². The first kappa shape index (κ1) is 16.3. The average Bonchev–Trinajstić information content (AvgIpc) is 2.46. The Morgan fingerprint density at radius 2 is 2.20 bits per heavy atom. The monoisotopic (exact) mass is 280 g/mol. The normalized spacial score (nSPS) is 11.8. The zero-order valence-electron chi connectivity index (χ0n) is 12.2. The third-order valence-corrected chi connectivity index (χ3v) is 2.95. The van der Waals surface area contributed by atoms with E-state index in [-0.39, 0.29) is 6.03 Å². The minimum Gasteiger partial charge on any atom is -0.497 e. The van der Waals surface area contributed by atoms with E-state index in [1.807, 2.05) is 31.2 Å². The van der Waals surface area contributed by atoms with E-state index < -0.39 is 6.10 Å². The first-order valence-electron chi connectivity index (χ1n) is 6.98. The number of carbonyl (C=O) groups excluding carboxylic acids is 1. The van der Waals surface area contributed by atoms with Crippen LogP contribution in [0.15, 0.2) is 24.3 Å². The standard InChI is InChI=1S/C15H24N2O3/c1-3-5-13(18)11-17-15(19)16-9-8-12-6-4-7-14(10-12)20-2/h4,6-7,10,13,18H,3,5,8-9,11H2,1-2H3,(H2,16,17,19). The molecule has 3 N–H and O–H groups in total. The topological polar surface area (TPSA) is 70.6 Å². The molecule has 1 unspecified atom stereocenters. The molecule has 0 saturated carbocycles. The molecular formula is C15H24N2O3. The summed E-state index contributed by atoms with van der Waals surface area (Å²) in [5.41, 5.74) is 1.11. The van der Waals surface area contributed by atoms with Crippen molar-refractivity contribution in [2.45, 2.75) is 32.3 Å². The maximum Gasteiger partial charge on any atom is 0.314 e. The maximum atomic E-state index is 11.5. The fourth-order valence-corrected chi connectivity index (χ4v) is 1.86. The van der Waals surface area contributed by atoms with Gasteiger partial charge in [-0.2, -0.15) is 0 Å². The van der Waals surface area contributed by atoms with Crippen LogP contribution in [0.2, 0.25) is 0 Å². The van der Waals surface area contributed by atoms with Crippen molar-refractivity contribution in [3.63, 3.8) is 0 Å². The smallest absolute Gasteiger partial charge is 0.314 e. The number of aliphatic hydroxyl groups is 1. The van der Waals surface area contributed by atoms with Gasteiger partial charge < -0.3 is 20.5 Å². The molecule has 1 aromatic carbocycles. The summed E-state index contributed by atoms with van der Waals surface area (Å²) in [4.78, 5) is 11.5. The van der Waals surface area contributed by atoms with Gasteiger partial charge in [0.25, 0.3) is 0 Å². The van der Waals surface area contributed by atoms with Crippen LogP contribution in [0, 0.1) is 0 Å². The Bertz CT molecular complexity index is 410. The Hall–Kier alpha value is -1.75. The molecule has 1 atom stereocenters. The Balaban J connectivity index is 2.21. The SMILES string of the molecule is CCCC(O)CNC(=O)NCCc1cccc(OC)c1. The van der Waals surface area contributed by atoms with E-state index in [2.05, 4.69) is 10.6 Å².